The molecule has 1 aromatic carbocycles. The Morgan fingerprint density at radius 1 is 1.17 bits per heavy atom. The normalized spacial score (nSPS) is 13.0. The van der Waals surface area contributed by atoms with Gasteiger partial charge in [-0.25, -0.2) is 9.48 Å². The number of para-hydroxylation sites is 1. The Labute approximate surface area is 176 Å². The average Bonchev–Trinajstić information content (AvgIpc) is 2.89. The molecule has 7 heteroatoms. The summed E-state index contributed by atoms with van der Waals surface area (Å²) in [5, 5.41) is 8.82. The molecule has 0 atom stereocenters. The second-order valence-electron chi connectivity index (χ2n) is 10.4. The molecule has 162 valence electrons. The van der Waals surface area contributed by atoms with Crippen LogP contribution in [0.25, 0.3) is 10.9 Å². The molecule has 2 rings (SSSR count). The molecular weight excluding hydrogens is 382 g/mol. The SMILES string of the molecule is Cc1cccc2c(C(C)(C)NC(=O)OC(C)(C)C)nn(COCC[Si](C)(C)C)c12. The molecule has 0 aliphatic heterocycles. The molecule has 2 aromatic rings. The lowest BCUT2D eigenvalue weighted by Crippen LogP contribution is -2.44. The molecule has 1 aromatic heterocycles. The van der Waals surface area contributed by atoms with Crippen LogP contribution in [0.4, 0.5) is 4.79 Å². The second-order valence-corrected chi connectivity index (χ2v) is 16.0. The summed E-state index contributed by atoms with van der Waals surface area (Å²) >= 11 is 0. The van der Waals surface area contributed by atoms with Gasteiger partial charge in [0.1, 0.15) is 12.3 Å². The molecular formula is C22H37N3O3Si. The summed E-state index contributed by atoms with van der Waals surface area (Å²) in [5.41, 5.74) is 1.72. The van der Waals surface area contributed by atoms with Crippen molar-refractivity contribution in [3.05, 3.63) is 29.5 Å². The summed E-state index contributed by atoms with van der Waals surface area (Å²) in [4.78, 5) is 12.4. The zero-order valence-electron chi connectivity index (χ0n) is 19.5. The highest BCUT2D eigenvalue weighted by Gasteiger charge is 2.31. The van der Waals surface area contributed by atoms with Gasteiger partial charge in [0.25, 0.3) is 0 Å². The maximum Gasteiger partial charge on any atom is 0.408 e. The molecule has 0 fully saturated rings. The van der Waals surface area contributed by atoms with E-state index in [2.05, 4.69) is 37.9 Å². The summed E-state index contributed by atoms with van der Waals surface area (Å²) in [6.45, 7) is 19.7. The third-order valence-electron chi connectivity index (χ3n) is 4.59. The Kier molecular flexibility index (Phi) is 6.85. The summed E-state index contributed by atoms with van der Waals surface area (Å²) in [6.07, 6.45) is -0.454. The molecule has 0 bridgehead atoms. The quantitative estimate of drug-likeness (QED) is 0.481. The molecule has 0 radical (unpaired) electrons. The van der Waals surface area contributed by atoms with Crippen molar-refractivity contribution in [1.29, 1.82) is 0 Å². The van der Waals surface area contributed by atoms with Gasteiger partial charge in [-0.15, -0.1) is 0 Å². The molecule has 0 saturated heterocycles. The number of hydrogen-bond acceptors (Lipinski definition) is 4. The van der Waals surface area contributed by atoms with E-state index in [9.17, 15) is 4.79 Å². The molecule has 0 spiro atoms. The minimum Gasteiger partial charge on any atom is -0.444 e. The van der Waals surface area contributed by atoms with E-state index in [1.165, 1.54) is 0 Å². The third-order valence-corrected chi connectivity index (χ3v) is 6.29. The molecule has 1 heterocycles. The summed E-state index contributed by atoms with van der Waals surface area (Å²) in [7, 11) is -1.14. The standard InChI is InChI=1S/C22H37N3O3Si/c1-16-11-10-12-17-18(16)25(15-27-13-14-29(7,8)9)24-19(17)22(5,6)23-20(26)28-21(2,3)4/h10-12H,13-15H2,1-9H3,(H,23,26). The van der Waals surface area contributed by atoms with Crippen molar-refractivity contribution in [2.75, 3.05) is 6.61 Å². The Morgan fingerprint density at radius 2 is 1.83 bits per heavy atom. The van der Waals surface area contributed by atoms with Crippen molar-refractivity contribution >= 4 is 25.1 Å². The minimum atomic E-state index is -1.14. The van der Waals surface area contributed by atoms with E-state index in [0.29, 0.717) is 6.73 Å². The van der Waals surface area contributed by atoms with Crippen LogP contribution in [0.1, 0.15) is 45.9 Å². The van der Waals surface area contributed by atoms with E-state index in [4.69, 9.17) is 14.6 Å². The van der Waals surface area contributed by atoms with Crippen molar-refractivity contribution < 1.29 is 14.3 Å². The minimum absolute atomic E-state index is 0.397. The van der Waals surface area contributed by atoms with E-state index in [-0.39, 0.29) is 0 Å². The van der Waals surface area contributed by atoms with Gasteiger partial charge in [-0.3, -0.25) is 0 Å². The zero-order chi connectivity index (χ0) is 22.0. The van der Waals surface area contributed by atoms with E-state index in [1.807, 2.05) is 51.4 Å². The van der Waals surface area contributed by atoms with Gasteiger partial charge >= 0.3 is 6.09 Å². The fourth-order valence-corrected chi connectivity index (χ4v) is 3.88. The van der Waals surface area contributed by atoms with Gasteiger partial charge in [0, 0.05) is 20.1 Å². The number of benzene rings is 1. The Hall–Kier alpha value is -1.86. The van der Waals surface area contributed by atoms with Crippen LogP contribution in [-0.4, -0.2) is 36.2 Å². The van der Waals surface area contributed by atoms with Gasteiger partial charge in [0.05, 0.1) is 16.7 Å². The number of nitrogens with zero attached hydrogens (tertiary/aromatic N) is 2. The molecule has 29 heavy (non-hydrogen) atoms. The molecule has 6 nitrogen and oxygen atoms in total. The number of fused-ring (bicyclic) bond motifs is 1. The van der Waals surface area contributed by atoms with Crippen LogP contribution in [0.2, 0.25) is 25.7 Å². The fourth-order valence-electron chi connectivity index (χ4n) is 3.12. The van der Waals surface area contributed by atoms with E-state index in [1.54, 1.807) is 0 Å². The topological polar surface area (TPSA) is 65.4 Å². The number of alkyl carbamates (subject to hydrolysis) is 1. The van der Waals surface area contributed by atoms with Gasteiger partial charge < -0.3 is 14.8 Å². The first kappa shape index (κ1) is 23.4. The van der Waals surface area contributed by atoms with Crippen molar-refractivity contribution in [3.8, 4) is 0 Å². The first-order chi connectivity index (χ1) is 13.2. The van der Waals surface area contributed by atoms with E-state index in [0.717, 1.165) is 34.8 Å². The summed E-state index contributed by atoms with van der Waals surface area (Å²) in [5.74, 6) is 0. The summed E-state index contributed by atoms with van der Waals surface area (Å²) in [6, 6.07) is 7.24. The van der Waals surface area contributed by atoms with Crippen molar-refractivity contribution in [1.82, 2.24) is 15.1 Å². The van der Waals surface area contributed by atoms with Gasteiger partial charge in [-0.1, -0.05) is 37.8 Å². The van der Waals surface area contributed by atoms with Crippen LogP contribution in [0.3, 0.4) is 0 Å². The molecule has 0 aliphatic rings. The number of rotatable bonds is 7. The highest BCUT2D eigenvalue weighted by Crippen LogP contribution is 2.30. The Bertz CT molecular complexity index is 861. The lowest BCUT2D eigenvalue weighted by molar-refractivity contribution is 0.0467. The van der Waals surface area contributed by atoms with Gasteiger partial charge in [-0.05, 0) is 53.1 Å². The van der Waals surface area contributed by atoms with Crippen LogP contribution in [-0.2, 0) is 21.7 Å². The zero-order valence-corrected chi connectivity index (χ0v) is 20.5. The number of nitrogens with one attached hydrogen (secondary N) is 1. The smallest absolute Gasteiger partial charge is 0.408 e. The van der Waals surface area contributed by atoms with Crippen LogP contribution in [0.5, 0.6) is 0 Å². The second kappa shape index (κ2) is 8.48. The van der Waals surface area contributed by atoms with Crippen LogP contribution >= 0.6 is 0 Å². The lowest BCUT2D eigenvalue weighted by atomic mass is 9.96. The van der Waals surface area contributed by atoms with Crippen LogP contribution in [0.15, 0.2) is 18.2 Å². The van der Waals surface area contributed by atoms with Gasteiger partial charge in [-0.2, -0.15) is 5.10 Å². The summed E-state index contributed by atoms with van der Waals surface area (Å²) < 4.78 is 13.3. The maximum absolute atomic E-state index is 12.4. The predicted octanol–water partition coefficient (Wildman–Crippen LogP) is 5.42. The van der Waals surface area contributed by atoms with Crippen molar-refractivity contribution in [3.63, 3.8) is 0 Å². The number of ether oxygens (including phenoxy) is 2. The average molecular weight is 420 g/mol. The van der Waals surface area contributed by atoms with Gasteiger partial charge in [0.2, 0.25) is 0 Å². The third kappa shape index (κ3) is 6.57. The molecule has 1 amide bonds. The first-order valence-electron chi connectivity index (χ1n) is 10.3. The number of aryl methyl sites for hydroxylation is 1. The monoisotopic (exact) mass is 419 g/mol. The van der Waals surface area contributed by atoms with Crippen LogP contribution in [0, 0.1) is 6.92 Å². The molecule has 0 aliphatic carbocycles. The number of aromatic nitrogens is 2. The highest BCUT2D eigenvalue weighted by molar-refractivity contribution is 6.76. The number of carbonyl (C=O) groups is 1. The fraction of sp³-hybridized carbons (Fsp3) is 0.636. The van der Waals surface area contributed by atoms with E-state index >= 15 is 0 Å². The Balaban J connectivity index is 2.29. The van der Waals surface area contributed by atoms with Gasteiger partial charge in [0.15, 0.2) is 0 Å². The van der Waals surface area contributed by atoms with Crippen molar-refractivity contribution in [2.45, 2.75) is 85.1 Å². The molecule has 0 unspecified atom stereocenters. The van der Waals surface area contributed by atoms with Crippen LogP contribution < -0.4 is 5.32 Å². The number of hydrogen-bond donors (Lipinski definition) is 1. The van der Waals surface area contributed by atoms with Crippen molar-refractivity contribution in [2.24, 2.45) is 0 Å². The molecule has 0 saturated carbocycles. The maximum atomic E-state index is 12.4. The predicted molar refractivity (Wildman–Crippen MR) is 121 cm³/mol. The number of carbonyl (C=O) groups excluding carboxylic acids is 1. The first-order valence-corrected chi connectivity index (χ1v) is 14.0. The largest absolute Gasteiger partial charge is 0.444 e. The van der Waals surface area contributed by atoms with E-state index < -0.39 is 25.3 Å². The number of amides is 1. The molecule has 1 N–H and O–H groups in total. The highest BCUT2D eigenvalue weighted by atomic mass is 28.3. The lowest BCUT2D eigenvalue weighted by Gasteiger charge is -2.27. The Morgan fingerprint density at radius 3 is 2.41 bits per heavy atom.